The molecule has 6 heteroatoms. The molecule has 1 saturated carbocycles. The average molecular weight is 356 g/mol. The van der Waals surface area contributed by atoms with Gasteiger partial charge in [-0.25, -0.2) is 4.39 Å². The third-order valence-corrected chi connectivity index (χ3v) is 4.90. The molecule has 2 aliphatic rings. The van der Waals surface area contributed by atoms with E-state index in [9.17, 15) is 9.18 Å². The van der Waals surface area contributed by atoms with Gasteiger partial charge < -0.3 is 10.6 Å². The monoisotopic (exact) mass is 355 g/mol. The van der Waals surface area contributed by atoms with Gasteiger partial charge in [0.15, 0.2) is 0 Å². The molecule has 1 aliphatic heterocycles. The lowest BCUT2D eigenvalue weighted by Gasteiger charge is -2.36. The second kappa shape index (κ2) is 9.35. The van der Waals surface area contributed by atoms with Crippen LogP contribution in [0.4, 0.5) is 4.39 Å². The molecule has 1 aromatic rings. The summed E-state index contributed by atoms with van der Waals surface area (Å²) in [6.07, 6.45) is 5.90. The second-order valence-electron chi connectivity index (χ2n) is 6.65. The first kappa shape index (κ1) is 19.2. The highest BCUT2D eigenvalue weighted by Crippen LogP contribution is 2.23. The molecule has 4 nitrogen and oxygen atoms in total. The summed E-state index contributed by atoms with van der Waals surface area (Å²) in [4.78, 5) is 14.5. The average Bonchev–Trinajstić information content (AvgIpc) is 2.56. The number of benzene rings is 1. The minimum Gasteiger partial charge on any atom is -0.352 e. The third kappa shape index (κ3) is 5.16. The molecule has 2 fully saturated rings. The van der Waals surface area contributed by atoms with Gasteiger partial charge in [0.2, 0.25) is 5.91 Å². The van der Waals surface area contributed by atoms with E-state index in [1.807, 2.05) is 6.07 Å². The summed E-state index contributed by atoms with van der Waals surface area (Å²) in [7, 11) is 0. The van der Waals surface area contributed by atoms with Crippen molar-refractivity contribution in [2.24, 2.45) is 0 Å². The minimum absolute atomic E-state index is 0. The van der Waals surface area contributed by atoms with E-state index in [0.29, 0.717) is 12.6 Å². The van der Waals surface area contributed by atoms with Crippen LogP contribution in [0.15, 0.2) is 24.3 Å². The molecule has 3 rings (SSSR count). The van der Waals surface area contributed by atoms with Crippen molar-refractivity contribution < 1.29 is 9.18 Å². The Morgan fingerprint density at radius 2 is 2.08 bits per heavy atom. The molecule has 1 atom stereocenters. The Kier molecular flexibility index (Phi) is 7.46. The zero-order chi connectivity index (χ0) is 16.1. The maximum absolute atomic E-state index is 13.5. The van der Waals surface area contributed by atoms with Gasteiger partial charge >= 0.3 is 0 Å². The van der Waals surface area contributed by atoms with Gasteiger partial charge in [0.1, 0.15) is 5.82 Å². The topological polar surface area (TPSA) is 44.4 Å². The summed E-state index contributed by atoms with van der Waals surface area (Å²) < 4.78 is 13.5. The van der Waals surface area contributed by atoms with E-state index >= 15 is 0 Å². The van der Waals surface area contributed by atoms with Crippen molar-refractivity contribution in [3.05, 3.63) is 35.6 Å². The van der Waals surface area contributed by atoms with Crippen molar-refractivity contribution in [1.29, 1.82) is 0 Å². The number of hydrogen-bond acceptors (Lipinski definition) is 3. The fraction of sp³-hybridized carbons (Fsp3) is 0.611. The Morgan fingerprint density at radius 1 is 1.29 bits per heavy atom. The van der Waals surface area contributed by atoms with Crippen LogP contribution in [0.3, 0.4) is 0 Å². The molecule has 134 valence electrons. The van der Waals surface area contributed by atoms with Gasteiger partial charge in [-0.2, -0.15) is 0 Å². The Morgan fingerprint density at radius 3 is 2.83 bits per heavy atom. The van der Waals surface area contributed by atoms with E-state index < -0.39 is 0 Å². The van der Waals surface area contributed by atoms with Crippen LogP contribution in [0, 0.1) is 5.82 Å². The van der Waals surface area contributed by atoms with Crippen LogP contribution >= 0.6 is 12.4 Å². The molecule has 1 unspecified atom stereocenters. The van der Waals surface area contributed by atoms with E-state index in [1.54, 1.807) is 12.1 Å². The Bertz CT molecular complexity index is 537. The maximum Gasteiger partial charge on any atom is 0.234 e. The highest BCUT2D eigenvalue weighted by molar-refractivity contribution is 5.85. The highest BCUT2D eigenvalue weighted by atomic mass is 35.5. The van der Waals surface area contributed by atoms with Crippen LogP contribution in [0.2, 0.25) is 0 Å². The summed E-state index contributed by atoms with van der Waals surface area (Å²) in [5.41, 5.74) is 0.933. The lowest BCUT2D eigenvalue weighted by molar-refractivity contribution is -0.124. The van der Waals surface area contributed by atoms with Crippen molar-refractivity contribution in [2.45, 2.75) is 44.2 Å². The van der Waals surface area contributed by atoms with Gasteiger partial charge in [-0.1, -0.05) is 31.4 Å². The lowest BCUT2D eigenvalue weighted by atomic mass is 9.95. The molecular weight excluding hydrogens is 329 g/mol. The summed E-state index contributed by atoms with van der Waals surface area (Å²) >= 11 is 0. The van der Waals surface area contributed by atoms with Gasteiger partial charge in [-0.15, -0.1) is 12.4 Å². The normalized spacial score (nSPS) is 22.6. The van der Waals surface area contributed by atoms with E-state index in [1.165, 1.54) is 25.3 Å². The number of carbonyl (C=O) groups excluding carboxylic acids is 1. The summed E-state index contributed by atoms with van der Waals surface area (Å²) in [5, 5.41) is 6.52. The molecule has 2 N–H and O–H groups in total. The van der Waals surface area contributed by atoms with Gasteiger partial charge in [-0.05, 0) is 30.5 Å². The molecule has 1 aromatic carbocycles. The van der Waals surface area contributed by atoms with Crippen LogP contribution in [-0.2, 0) is 4.79 Å². The maximum atomic E-state index is 13.5. The number of nitrogens with one attached hydrogen (secondary N) is 2. The van der Waals surface area contributed by atoms with Crippen molar-refractivity contribution in [1.82, 2.24) is 15.5 Å². The fourth-order valence-electron chi connectivity index (χ4n) is 3.68. The van der Waals surface area contributed by atoms with Crippen molar-refractivity contribution >= 4 is 18.3 Å². The lowest BCUT2D eigenvalue weighted by Crippen LogP contribution is -2.50. The molecule has 0 spiro atoms. The van der Waals surface area contributed by atoms with Gasteiger partial charge in [0.25, 0.3) is 0 Å². The van der Waals surface area contributed by atoms with Crippen molar-refractivity contribution in [2.75, 3.05) is 26.2 Å². The van der Waals surface area contributed by atoms with E-state index in [4.69, 9.17) is 0 Å². The molecule has 0 aromatic heterocycles. The third-order valence-electron chi connectivity index (χ3n) is 4.90. The first-order valence-corrected chi connectivity index (χ1v) is 8.72. The fourth-order valence-corrected chi connectivity index (χ4v) is 3.68. The first-order valence-electron chi connectivity index (χ1n) is 8.72. The molecule has 0 radical (unpaired) electrons. The summed E-state index contributed by atoms with van der Waals surface area (Å²) in [6.45, 7) is 2.81. The molecule has 24 heavy (non-hydrogen) atoms. The first-order chi connectivity index (χ1) is 11.2. The van der Waals surface area contributed by atoms with E-state index in [0.717, 1.165) is 38.0 Å². The number of nitrogens with zero attached hydrogens (tertiary/aromatic N) is 1. The Balaban J connectivity index is 0.00000208. The van der Waals surface area contributed by atoms with E-state index in [2.05, 4.69) is 15.5 Å². The molecule has 1 amide bonds. The smallest absolute Gasteiger partial charge is 0.234 e. The molecule has 1 heterocycles. The SMILES string of the molecule is Cl.O=C(CN1CCNCC1c1cccc(F)c1)NC1CCCCC1. The van der Waals surface area contributed by atoms with Crippen LogP contribution in [0.25, 0.3) is 0 Å². The van der Waals surface area contributed by atoms with Gasteiger partial charge in [0, 0.05) is 31.7 Å². The van der Waals surface area contributed by atoms with Crippen LogP contribution < -0.4 is 10.6 Å². The molecule has 0 bridgehead atoms. The molecule has 1 saturated heterocycles. The number of amides is 1. The number of hydrogen-bond donors (Lipinski definition) is 2. The predicted molar refractivity (Wildman–Crippen MR) is 95.8 cm³/mol. The molecular formula is C18H27ClFN3O. The predicted octanol–water partition coefficient (Wildman–Crippen LogP) is 2.64. The van der Waals surface area contributed by atoms with Gasteiger partial charge in [0.05, 0.1) is 6.54 Å². The van der Waals surface area contributed by atoms with Crippen molar-refractivity contribution in [3.8, 4) is 0 Å². The number of rotatable bonds is 4. The summed E-state index contributed by atoms with van der Waals surface area (Å²) in [5.74, 6) is -0.125. The number of carbonyl (C=O) groups is 1. The standard InChI is InChI=1S/C18H26FN3O.ClH/c19-15-6-4-5-14(11-15)17-12-20-9-10-22(17)13-18(23)21-16-7-2-1-3-8-16;/h4-6,11,16-17,20H,1-3,7-10,12-13H2,(H,21,23);1H. The van der Waals surface area contributed by atoms with Gasteiger partial charge in [-0.3, -0.25) is 9.69 Å². The summed E-state index contributed by atoms with van der Waals surface area (Å²) in [6, 6.07) is 7.10. The number of piperazine rings is 1. The highest BCUT2D eigenvalue weighted by Gasteiger charge is 2.26. The molecule has 1 aliphatic carbocycles. The number of halogens is 2. The van der Waals surface area contributed by atoms with Crippen molar-refractivity contribution in [3.63, 3.8) is 0 Å². The second-order valence-corrected chi connectivity index (χ2v) is 6.65. The van der Waals surface area contributed by atoms with E-state index in [-0.39, 0.29) is 30.2 Å². The van der Waals surface area contributed by atoms with Crippen LogP contribution in [0.5, 0.6) is 0 Å². The zero-order valence-corrected chi connectivity index (χ0v) is 14.8. The van der Waals surface area contributed by atoms with Crippen LogP contribution in [0.1, 0.15) is 43.7 Å². The Labute approximate surface area is 149 Å². The zero-order valence-electron chi connectivity index (χ0n) is 14.0. The minimum atomic E-state index is -0.223. The largest absolute Gasteiger partial charge is 0.352 e. The Hall–Kier alpha value is -1.17. The quantitative estimate of drug-likeness (QED) is 0.872. The van der Waals surface area contributed by atoms with Crippen LogP contribution in [-0.4, -0.2) is 43.0 Å².